The van der Waals surface area contributed by atoms with Gasteiger partial charge in [0.25, 0.3) is 0 Å². The van der Waals surface area contributed by atoms with E-state index in [0.717, 1.165) is 77.8 Å². The van der Waals surface area contributed by atoms with Gasteiger partial charge in [0.15, 0.2) is 5.79 Å². The first-order valence-corrected chi connectivity index (χ1v) is 9.20. The molecule has 0 bridgehead atoms. The number of Topliss-reactive ketones (excluding diaryl/α,β-unsaturated/α-hetero) is 1. The fourth-order valence-corrected chi connectivity index (χ4v) is 3.53. The Morgan fingerprint density at radius 2 is 1.39 bits per heavy atom. The molecule has 3 aliphatic rings. The lowest BCUT2D eigenvalue weighted by atomic mass is 9.92. The average molecular weight is 328 g/mol. The number of ketones is 1. The number of rotatable bonds is 4. The predicted octanol–water partition coefficient (Wildman–Crippen LogP) is 3.24. The summed E-state index contributed by atoms with van der Waals surface area (Å²) in [7, 11) is 0. The molecule has 0 aromatic carbocycles. The van der Waals surface area contributed by atoms with Crippen LogP contribution < -0.4 is 0 Å². The van der Waals surface area contributed by atoms with Crippen LogP contribution in [-0.2, 0) is 23.7 Å². The van der Waals surface area contributed by atoms with Gasteiger partial charge in [0.1, 0.15) is 5.78 Å². The van der Waals surface area contributed by atoms with E-state index in [9.17, 15) is 4.79 Å². The lowest BCUT2D eigenvalue weighted by Crippen LogP contribution is -2.37. The van der Waals surface area contributed by atoms with E-state index in [1.807, 2.05) is 13.8 Å². The van der Waals surface area contributed by atoms with E-state index >= 15 is 0 Å². The van der Waals surface area contributed by atoms with Crippen molar-refractivity contribution in [1.29, 1.82) is 0 Å². The Balaban J connectivity index is 0.000000174. The fraction of sp³-hybridized carbons (Fsp3) is 0.944. The summed E-state index contributed by atoms with van der Waals surface area (Å²) in [4.78, 5) is 10.8. The standard InChI is InChI=1S/C10H18O3.C8H14O2/c1-2-11-9-3-5-10(6-4-9)12-7-8-13-10;1-2-10-8-5-3-7(9)4-6-8/h9H,2-8H2,1H3;8H,2-6H2,1H3. The Morgan fingerprint density at radius 1 is 0.913 bits per heavy atom. The van der Waals surface area contributed by atoms with E-state index in [0.29, 0.717) is 18.0 Å². The number of ether oxygens (including phenoxy) is 4. The highest BCUT2D eigenvalue weighted by molar-refractivity contribution is 5.79. The molecule has 0 radical (unpaired) electrons. The molecule has 0 aromatic heterocycles. The van der Waals surface area contributed by atoms with E-state index in [4.69, 9.17) is 18.9 Å². The highest BCUT2D eigenvalue weighted by atomic mass is 16.7. The number of carbonyl (C=O) groups excluding carboxylic acids is 1. The molecule has 1 heterocycles. The number of hydrogen-bond donors (Lipinski definition) is 0. The molecule has 0 unspecified atom stereocenters. The number of hydrogen-bond acceptors (Lipinski definition) is 5. The smallest absolute Gasteiger partial charge is 0.168 e. The van der Waals surface area contributed by atoms with Gasteiger partial charge in [-0.05, 0) is 39.5 Å². The maximum atomic E-state index is 10.8. The lowest BCUT2D eigenvalue weighted by molar-refractivity contribution is -0.191. The van der Waals surface area contributed by atoms with Crippen molar-refractivity contribution in [2.45, 2.75) is 83.2 Å². The minimum Gasteiger partial charge on any atom is -0.379 e. The van der Waals surface area contributed by atoms with Crippen LogP contribution in [0, 0.1) is 0 Å². The number of carbonyl (C=O) groups is 1. The van der Waals surface area contributed by atoms with Crippen LogP contribution in [0.25, 0.3) is 0 Å². The van der Waals surface area contributed by atoms with E-state index in [2.05, 4.69) is 0 Å². The summed E-state index contributed by atoms with van der Waals surface area (Å²) in [5.74, 6) is 0.170. The van der Waals surface area contributed by atoms with Gasteiger partial charge >= 0.3 is 0 Å². The van der Waals surface area contributed by atoms with E-state index < -0.39 is 0 Å². The van der Waals surface area contributed by atoms with Crippen molar-refractivity contribution in [3.63, 3.8) is 0 Å². The summed E-state index contributed by atoms with van der Waals surface area (Å²) in [6, 6.07) is 0. The van der Waals surface area contributed by atoms with Crippen molar-refractivity contribution in [1.82, 2.24) is 0 Å². The van der Waals surface area contributed by atoms with Gasteiger partial charge in [0, 0.05) is 38.9 Å². The first-order valence-electron chi connectivity index (χ1n) is 9.20. The third kappa shape index (κ3) is 6.14. The maximum Gasteiger partial charge on any atom is 0.168 e. The molecule has 1 saturated heterocycles. The van der Waals surface area contributed by atoms with Crippen molar-refractivity contribution in [3.05, 3.63) is 0 Å². The molecule has 1 spiro atoms. The molecule has 5 nitrogen and oxygen atoms in total. The third-order valence-electron chi connectivity index (χ3n) is 4.80. The molecule has 0 aromatic rings. The van der Waals surface area contributed by atoms with Gasteiger partial charge in [-0.25, -0.2) is 0 Å². The summed E-state index contributed by atoms with van der Waals surface area (Å²) < 4.78 is 22.2. The van der Waals surface area contributed by atoms with Crippen molar-refractivity contribution in [2.75, 3.05) is 26.4 Å². The second kappa shape index (κ2) is 9.72. The van der Waals surface area contributed by atoms with Gasteiger partial charge < -0.3 is 18.9 Å². The fourth-order valence-electron chi connectivity index (χ4n) is 3.53. The molecule has 3 rings (SSSR count). The van der Waals surface area contributed by atoms with E-state index in [1.54, 1.807) is 0 Å². The lowest BCUT2D eigenvalue weighted by Gasteiger charge is -2.35. The van der Waals surface area contributed by atoms with Crippen LogP contribution in [0.3, 0.4) is 0 Å². The molecule has 1 aliphatic heterocycles. The molecule has 134 valence electrons. The molecule has 0 N–H and O–H groups in total. The molecule has 3 fully saturated rings. The molecule has 2 aliphatic carbocycles. The summed E-state index contributed by atoms with van der Waals surface area (Å²) in [6.07, 6.45) is 8.28. The van der Waals surface area contributed by atoms with Crippen LogP contribution in [0.4, 0.5) is 0 Å². The van der Waals surface area contributed by atoms with Crippen LogP contribution in [0.15, 0.2) is 0 Å². The van der Waals surface area contributed by atoms with Gasteiger partial charge in [0.2, 0.25) is 0 Å². The van der Waals surface area contributed by atoms with Gasteiger partial charge in [-0.2, -0.15) is 0 Å². The van der Waals surface area contributed by atoms with Crippen molar-refractivity contribution < 1.29 is 23.7 Å². The van der Waals surface area contributed by atoms with Crippen molar-refractivity contribution in [3.8, 4) is 0 Å². The Bertz CT molecular complexity index is 331. The topological polar surface area (TPSA) is 54.0 Å². The minimum absolute atomic E-state index is 0.229. The summed E-state index contributed by atoms with van der Waals surface area (Å²) in [5.41, 5.74) is 0. The van der Waals surface area contributed by atoms with Gasteiger partial charge in [-0.3, -0.25) is 4.79 Å². The van der Waals surface area contributed by atoms with E-state index in [-0.39, 0.29) is 5.79 Å². The highest BCUT2D eigenvalue weighted by Crippen LogP contribution is 2.36. The van der Waals surface area contributed by atoms with Gasteiger partial charge in [-0.15, -0.1) is 0 Å². The zero-order valence-electron chi connectivity index (χ0n) is 14.7. The minimum atomic E-state index is -0.229. The molecular formula is C18H32O5. The second-order valence-corrected chi connectivity index (χ2v) is 6.46. The summed E-state index contributed by atoms with van der Waals surface area (Å²) in [5, 5.41) is 0. The maximum absolute atomic E-state index is 10.8. The zero-order chi connectivity index (χ0) is 16.5. The van der Waals surface area contributed by atoms with Crippen LogP contribution in [-0.4, -0.2) is 50.2 Å². The third-order valence-corrected chi connectivity index (χ3v) is 4.80. The SMILES string of the molecule is CCOC1CCC(=O)CC1.CCOC1CCC2(CC1)OCCO2. The Hall–Kier alpha value is -0.490. The predicted molar refractivity (Wildman–Crippen MR) is 87.4 cm³/mol. The zero-order valence-corrected chi connectivity index (χ0v) is 14.7. The second-order valence-electron chi connectivity index (χ2n) is 6.46. The molecule has 2 saturated carbocycles. The largest absolute Gasteiger partial charge is 0.379 e. The normalized spacial score (nSPS) is 25.4. The van der Waals surface area contributed by atoms with E-state index in [1.165, 1.54) is 0 Å². The first kappa shape index (κ1) is 18.8. The highest BCUT2D eigenvalue weighted by Gasteiger charge is 2.40. The quantitative estimate of drug-likeness (QED) is 0.793. The molecule has 23 heavy (non-hydrogen) atoms. The Kier molecular flexibility index (Phi) is 7.96. The van der Waals surface area contributed by atoms with Crippen LogP contribution in [0.1, 0.15) is 65.2 Å². The van der Waals surface area contributed by atoms with Gasteiger partial charge in [-0.1, -0.05) is 0 Å². The average Bonchev–Trinajstić information content (AvgIpc) is 3.02. The summed E-state index contributed by atoms with van der Waals surface area (Å²) >= 11 is 0. The van der Waals surface area contributed by atoms with Crippen molar-refractivity contribution in [2.24, 2.45) is 0 Å². The van der Waals surface area contributed by atoms with Crippen LogP contribution in [0.2, 0.25) is 0 Å². The molecule has 0 amide bonds. The first-order chi connectivity index (χ1) is 11.2. The Morgan fingerprint density at radius 3 is 1.87 bits per heavy atom. The monoisotopic (exact) mass is 328 g/mol. The van der Waals surface area contributed by atoms with Gasteiger partial charge in [0.05, 0.1) is 25.4 Å². The Labute approximate surface area is 140 Å². The van der Waals surface area contributed by atoms with Crippen LogP contribution in [0.5, 0.6) is 0 Å². The molecule has 5 heteroatoms. The van der Waals surface area contributed by atoms with Crippen molar-refractivity contribution >= 4 is 5.78 Å². The van der Waals surface area contributed by atoms with Crippen LogP contribution >= 0.6 is 0 Å². The summed E-state index contributed by atoms with van der Waals surface area (Å²) in [6.45, 7) is 7.17. The molecular weight excluding hydrogens is 296 g/mol. The molecule has 0 atom stereocenters.